The number of nitrogens with one attached hydrogen (secondary N) is 2. The summed E-state index contributed by atoms with van der Waals surface area (Å²) in [5.41, 5.74) is -1.00. The molecule has 32 heavy (non-hydrogen) atoms. The number of aliphatic hydroxyl groups is 2. The fourth-order valence-electron chi connectivity index (χ4n) is 6.05. The van der Waals surface area contributed by atoms with Crippen LogP contribution in [0.3, 0.4) is 0 Å². The summed E-state index contributed by atoms with van der Waals surface area (Å²) in [5.74, 6) is 0.315. The Bertz CT molecular complexity index is 781. The van der Waals surface area contributed by atoms with Crippen molar-refractivity contribution >= 4 is 12.0 Å². The Kier molecular flexibility index (Phi) is 7.55. The Balaban J connectivity index is 1.74. The maximum absolute atomic E-state index is 12.7. The summed E-state index contributed by atoms with van der Waals surface area (Å²) in [6, 6.07) is 3.54. The van der Waals surface area contributed by atoms with Crippen molar-refractivity contribution in [2.24, 2.45) is 22.7 Å². The van der Waals surface area contributed by atoms with Crippen LogP contribution in [0, 0.1) is 22.7 Å². The average molecular weight is 451 g/mol. The Morgan fingerprint density at radius 1 is 1.28 bits per heavy atom. The van der Waals surface area contributed by atoms with Crippen molar-refractivity contribution in [1.82, 2.24) is 10.6 Å². The molecule has 1 aromatic rings. The molecule has 0 aromatic carbocycles. The van der Waals surface area contributed by atoms with Crippen LogP contribution in [-0.4, -0.2) is 47.1 Å². The number of alkyl carbamates (subject to hydrolysis) is 1. The molecule has 2 amide bonds. The van der Waals surface area contributed by atoms with Gasteiger partial charge in [0.15, 0.2) is 0 Å². The van der Waals surface area contributed by atoms with Gasteiger partial charge in [0.05, 0.1) is 25.5 Å². The van der Waals surface area contributed by atoms with Crippen molar-refractivity contribution in [2.75, 3.05) is 6.61 Å². The molecule has 2 aliphatic carbocycles. The van der Waals surface area contributed by atoms with Gasteiger partial charge in [-0.15, -0.1) is 0 Å². The highest BCUT2D eigenvalue weighted by Crippen LogP contribution is 2.61. The third kappa shape index (κ3) is 4.96. The number of carbonyl (C=O) groups is 2. The largest absolute Gasteiger partial charge is 0.467 e. The fourth-order valence-corrected chi connectivity index (χ4v) is 6.05. The molecule has 8 nitrogen and oxygen atoms in total. The number of hydrogen-bond acceptors (Lipinski definition) is 6. The van der Waals surface area contributed by atoms with Gasteiger partial charge in [-0.05, 0) is 68.9 Å². The second-order valence-electron chi connectivity index (χ2n) is 10.3. The highest BCUT2D eigenvalue weighted by Gasteiger charge is 2.60. The molecule has 0 unspecified atom stereocenters. The number of ether oxygens (including phenoxy) is 1. The normalized spacial score (nSPS) is 34.6. The Morgan fingerprint density at radius 2 is 2.03 bits per heavy atom. The smallest absolute Gasteiger partial charge is 0.407 e. The lowest BCUT2D eigenvalue weighted by Crippen LogP contribution is -2.61. The van der Waals surface area contributed by atoms with Crippen LogP contribution < -0.4 is 10.6 Å². The van der Waals surface area contributed by atoms with Gasteiger partial charge in [0, 0.05) is 17.9 Å². The topological polar surface area (TPSA) is 121 Å². The van der Waals surface area contributed by atoms with E-state index in [4.69, 9.17) is 9.15 Å². The van der Waals surface area contributed by atoms with E-state index in [9.17, 15) is 19.8 Å². The van der Waals surface area contributed by atoms with Crippen molar-refractivity contribution in [3.8, 4) is 0 Å². The molecule has 0 spiro atoms. The van der Waals surface area contributed by atoms with Gasteiger partial charge in [0.25, 0.3) is 0 Å². The molecule has 180 valence electrons. The predicted octanol–water partition coefficient (Wildman–Crippen LogP) is 2.97. The van der Waals surface area contributed by atoms with E-state index in [-0.39, 0.29) is 42.2 Å². The molecule has 3 rings (SSSR count). The van der Waals surface area contributed by atoms with E-state index in [1.54, 1.807) is 18.4 Å². The zero-order chi connectivity index (χ0) is 23.5. The summed E-state index contributed by atoms with van der Waals surface area (Å²) in [4.78, 5) is 25.0. The summed E-state index contributed by atoms with van der Waals surface area (Å²) in [5, 5.41) is 26.9. The molecule has 0 aliphatic heterocycles. The quantitative estimate of drug-likeness (QED) is 0.507. The zero-order valence-corrected chi connectivity index (χ0v) is 19.6. The molecule has 2 saturated carbocycles. The van der Waals surface area contributed by atoms with E-state index in [2.05, 4.69) is 17.6 Å². The molecule has 0 saturated heterocycles. The first kappa shape index (κ1) is 24.6. The fraction of sp³-hybridized carbons (Fsp3) is 0.750. The molecule has 2 aliphatic rings. The Morgan fingerprint density at radius 3 is 2.66 bits per heavy atom. The number of carbonyl (C=O) groups excluding carboxylic acids is 2. The van der Waals surface area contributed by atoms with Crippen molar-refractivity contribution in [2.45, 2.75) is 84.6 Å². The van der Waals surface area contributed by atoms with Gasteiger partial charge in [0.1, 0.15) is 11.9 Å². The molecule has 4 N–H and O–H groups in total. The van der Waals surface area contributed by atoms with Crippen molar-refractivity contribution < 1.29 is 29.0 Å². The van der Waals surface area contributed by atoms with Crippen LogP contribution in [0.5, 0.6) is 0 Å². The molecule has 0 bridgehead atoms. The minimum atomic E-state index is -0.648. The first-order valence-electron chi connectivity index (χ1n) is 11.6. The summed E-state index contributed by atoms with van der Waals surface area (Å²) in [7, 11) is 0. The van der Waals surface area contributed by atoms with Crippen LogP contribution in [-0.2, 0) is 16.1 Å². The van der Waals surface area contributed by atoms with Crippen LogP contribution in [0.2, 0.25) is 0 Å². The van der Waals surface area contributed by atoms with Crippen LogP contribution >= 0.6 is 0 Å². The standard InChI is InChI=1S/C24H38N2O6/c1-15(2)26-22(30)32-20-9-10-23(3)17(12-21(29)25-13-16-6-5-11-31-16)18(28)7-8-19(23)24(20,4)14-27/h5-6,11,15,17-20,27-28H,7-10,12-14H2,1-4H3,(H,25,29)(H,26,30)/t17-,18-,19-,20-,23+,24+/m1/s1. The predicted molar refractivity (Wildman–Crippen MR) is 118 cm³/mol. The second kappa shape index (κ2) is 9.83. The van der Waals surface area contributed by atoms with E-state index in [1.165, 1.54) is 0 Å². The van der Waals surface area contributed by atoms with Crippen molar-refractivity contribution in [1.29, 1.82) is 0 Å². The SMILES string of the molecule is CC(C)NC(=O)O[C@@H]1CC[C@]2(C)[C@@H](CC[C@@H](O)[C@H]2CC(=O)NCc2ccco2)[C@]1(C)CO. The lowest BCUT2D eigenvalue weighted by atomic mass is 9.46. The van der Waals surface area contributed by atoms with Gasteiger partial charge < -0.3 is 30.0 Å². The summed E-state index contributed by atoms with van der Waals surface area (Å²) in [6.45, 7) is 8.00. The molecule has 2 fully saturated rings. The van der Waals surface area contributed by atoms with Crippen LogP contribution in [0.4, 0.5) is 4.79 Å². The summed E-state index contributed by atoms with van der Waals surface area (Å²) < 4.78 is 11.0. The first-order valence-corrected chi connectivity index (χ1v) is 11.6. The van der Waals surface area contributed by atoms with Crippen LogP contribution in [0.25, 0.3) is 0 Å². The van der Waals surface area contributed by atoms with Gasteiger partial charge in [-0.25, -0.2) is 4.79 Å². The van der Waals surface area contributed by atoms with Gasteiger partial charge >= 0.3 is 6.09 Å². The number of furan rings is 1. The minimum absolute atomic E-state index is 0.0110. The Labute approximate surface area is 190 Å². The molecule has 1 heterocycles. The van der Waals surface area contributed by atoms with Crippen molar-refractivity contribution in [3.63, 3.8) is 0 Å². The molecule has 6 atom stereocenters. The van der Waals surface area contributed by atoms with Crippen LogP contribution in [0.1, 0.15) is 65.6 Å². The molecular formula is C24H38N2O6. The monoisotopic (exact) mass is 450 g/mol. The number of aliphatic hydroxyl groups excluding tert-OH is 2. The molecule has 8 heteroatoms. The lowest BCUT2D eigenvalue weighted by molar-refractivity contribution is -0.186. The van der Waals surface area contributed by atoms with E-state index >= 15 is 0 Å². The minimum Gasteiger partial charge on any atom is -0.467 e. The van der Waals surface area contributed by atoms with Gasteiger partial charge in [-0.1, -0.05) is 13.8 Å². The number of fused-ring (bicyclic) bond motifs is 1. The Hall–Kier alpha value is -2.06. The third-order valence-corrected chi connectivity index (χ3v) is 7.78. The molecular weight excluding hydrogens is 412 g/mol. The van der Waals surface area contributed by atoms with E-state index in [1.807, 2.05) is 20.8 Å². The van der Waals surface area contributed by atoms with Gasteiger partial charge in [-0.2, -0.15) is 0 Å². The second-order valence-corrected chi connectivity index (χ2v) is 10.3. The zero-order valence-electron chi connectivity index (χ0n) is 19.6. The average Bonchev–Trinajstić information content (AvgIpc) is 3.24. The number of rotatable bonds is 7. The molecule has 1 aromatic heterocycles. The van der Waals surface area contributed by atoms with E-state index < -0.39 is 23.7 Å². The molecule has 0 radical (unpaired) electrons. The maximum Gasteiger partial charge on any atom is 0.407 e. The lowest BCUT2D eigenvalue weighted by Gasteiger charge is -2.60. The highest BCUT2D eigenvalue weighted by atomic mass is 16.6. The van der Waals surface area contributed by atoms with Gasteiger partial charge in [-0.3, -0.25) is 4.79 Å². The maximum atomic E-state index is 12.7. The van der Waals surface area contributed by atoms with Crippen molar-refractivity contribution in [3.05, 3.63) is 24.2 Å². The van der Waals surface area contributed by atoms with Crippen LogP contribution in [0.15, 0.2) is 22.8 Å². The summed E-state index contributed by atoms with van der Waals surface area (Å²) in [6.07, 6.45) is 2.83. The van der Waals surface area contributed by atoms with E-state index in [0.29, 0.717) is 38.0 Å². The number of hydrogen-bond donors (Lipinski definition) is 4. The van der Waals surface area contributed by atoms with E-state index in [0.717, 1.165) is 0 Å². The summed E-state index contributed by atoms with van der Waals surface area (Å²) >= 11 is 0. The number of amides is 2. The first-order chi connectivity index (χ1) is 15.1. The third-order valence-electron chi connectivity index (χ3n) is 7.78. The highest BCUT2D eigenvalue weighted by molar-refractivity contribution is 5.76. The van der Waals surface area contributed by atoms with Gasteiger partial charge in [0.2, 0.25) is 5.91 Å².